The van der Waals surface area contributed by atoms with Crippen molar-refractivity contribution in [2.75, 3.05) is 19.0 Å². The molecule has 2 aromatic rings. The summed E-state index contributed by atoms with van der Waals surface area (Å²) in [6, 6.07) is 10.6. The maximum absolute atomic E-state index is 12.5. The topological polar surface area (TPSA) is 47.6 Å². The van der Waals surface area contributed by atoms with Crippen molar-refractivity contribution in [1.29, 1.82) is 0 Å². The Labute approximate surface area is 141 Å². The van der Waals surface area contributed by atoms with Crippen molar-refractivity contribution in [3.05, 3.63) is 58.1 Å². The lowest BCUT2D eigenvalue weighted by molar-refractivity contribution is 0.102. The number of anilines is 1. The first-order chi connectivity index (χ1) is 11.0. The minimum atomic E-state index is -0.184. The van der Waals surface area contributed by atoms with Gasteiger partial charge in [-0.1, -0.05) is 11.6 Å². The first-order valence-corrected chi connectivity index (χ1v) is 7.75. The number of aryl methyl sites for hydroxylation is 1. The monoisotopic (exact) mass is 333 g/mol. The Balaban J connectivity index is 2.21. The van der Waals surface area contributed by atoms with Crippen LogP contribution in [0.2, 0.25) is 5.02 Å². The Kier molecular flexibility index (Phi) is 6.02. The zero-order chi connectivity index (χ0) is 16.8. The summed E-state index contributed by atoms with van der Waals surface area (Å²) in [6.07, 6.45) is 0. The Morgan fingerprint density at radius 2 is 2.00 bits per heavy atom. The molecule has 1 N–H and O–H groups in total. The number of halogens is 1. The summed E-state index contributed by atoms with van der Waals surface area (Å²) >= 11 is 5.93. The summed E-state index contributed by atoms with van der Waals surface area (Å²) < 4.78 is 10.7. The number of amides is 1. The van der Waals surface area contributed by atoms with Gasteiger partial charge in [0, 0.05) is 28.4 Å². The van der Waals surface area contributed by atoms with Crippen LogP contribution in [0.25, 0.3) is 0 Å². The molecule has 122 valence electrons. The van der Waals surface area contributed by atoms with E-state index in [1.54, 1.807) is 37.4 Å². The minimum Gasteiger partial charge on any atom is -0.496 e. The van der Waals surface area contributed by atoms with E-state index in [2.05, 4.69) is 5.32 Å². The third kappa shape index (κ3) is 4.47. The number of carbonyl (C=O) groups is 1. The second kappa shape index (κ2) is 7.99. The Bertz CT molecular complexity index is 701. The average Bonchev–Trinajstić information content (AvgIpc) is 2.55. The van der Waals surface area contributed by atoms with Gasteiger partial charge in [-0.05, 0) is 55.8 Å². The summed E-state index contributed by atoms with van der Waals surface area (Å²) in [5, 5.41) is 3.54. The van der Waals surface area contributed by atoms with Crippen LogP contribution in [0.4, 0.5) is 5.69 Å². The molecule has 0 unspecified atom stereocenters. The smallest absolute Gasteiger partial charge is 0.255 e. The van der Waals surface area contributed by atoms with E-state index in [0.717, 1.165) is 16.8 Å². The van der Waals surface area contributed by atoms with Gasteiger partial charge in [-0.25, -0.2) is 0 Å². The van der Waals surface area contributed by atoms with E-state index in [0.29, 0.717) is 29.5 Å². The first kappa shape index (κ1) is 17.3. The normalized spacial score (nSPS) is 10.4. The molecule has 0 aliphatic carbocycles. The minimum absolute atomic E-state index is 0.184. The van der Waals surface area contributed by atoms with Crippen LogP contribution in [0, 0.1) is 6.92 Å². The van der Waals surface area contributed by atoms with Gasteiger partial charge in [0.25, 0.3) is 5.91 Å². The van der Waals surface area contributed by atoms with E-state index in [1.165, 1.54) is 0 Å². The van der Waals surface area contributed by atoms with Gasteiger partial charge in [-0.2, -0.15) is 0 Å². The summed E-state index contributed by atoms with van der Waals surface area (Å²) in [7, 11) is 1.60. The highest BCUT2D eigenvalue weighted by Crippen LogP contribution is 2.23. The molecule has 23 heavy (non-hydrogen) atoms. The van der Waals surface area contributed by atoms with Crippen LogP contribution >= 0.6 is 11.6 Å². The van der Waals surface area contributed by atoms with Crippen molar-refractivity contribution in [3.8, 4) is 5.75 Å². The number of rotatable bonds is 6. The third-order valence-electron chi connectivity index (χ3n) is 3.44. The molecule has 5 heteroatoms. The van der Waals surface area contributed by atoms with Gasteiger partial charge < -0.3 is 14.8 Å². The van der Waals surface area contributed by atoms with E-state index in [1.807, 2.05) is 19.9 Å². The van der Waals surface area contributed by atoms with Gasteiger partial charge in [0.2, 0.25) is 0 Å². The maximum Gasteiger partial charge on any atom is 0.255 e. The molecule has 0 aromatic heterocycles. The van der Waals surface area contributed by atoms with Crippen molar-refractivity contribution < 1.29 is 14.3 Å². The molecule has 1 amide bonds. The van der Waals surface area contributed by atoms with Crippen molar-refractivity contribution in [2.24, 2.45) is 0 Å². The SMILES string of the molecule is CCOCc1cc(C(=O)Nc2ccc(Cl)cc2C)ccc1OC. The lowest BCUT2D eigenvalue weighted by Gasteiger charge is -2.12. The number of hydrogen-bond acceptors (Lipinski definition) is 3. The Hall–Kier alpha value is -2.04. The van der Waals surface area contributed by atoms with E-state index in [-0.39, 0.29) is 5.91 Å². The summed E-state index contributed by atoms with van der Waals surface area (Å²) in [5.41, 5.74) is 3.04. The van der Waals surface area contributed by atoms with E-state index < -0.39 is 0 Å². The van der Waals surface area contributed by atoms with Crippen LogP contribution in [-0.4, -0.2) is 19.6 Å². The standard InChI is InChI=1S/C18H20ClNO3/c1-4-23-11-14-10-13(5-8-17(14)22-3)18(21)20-16-7-6-15(19)9-12(16)2/h5-10H,4,11H2,1-3H3,(H,20,21). The van der Waals surface area contributed by atoms with Gasteiger partial charge in [0.15, 0.2) is 0 Å². The summed E-state index contributed by atoms with van der Waals surface area (Å²) in [4.78, 5) is 12.5. The number of ether oxygens (including phenoxy) is 2. The molecule has 2 aromatic carbocycles. The second-order valence-corrected chi connectivity index (χ2v) is 5.51. The molecule has 0 saturated carbocycles. The van der Waals surface area contributed by atoms with Crippen LogP contribution < -0.4 is 10.1 Å². The fourth-order valence-electron chi connectivity index (χ4n) is 2.21. The highest BCUT2D eigenvalue weighted by molar-refractivity contribution is 6.30. The zero-order valence-electron chi connectivity index (χ0n) is 13.5. The van der Waals surface area contributed by atoms with Crippen molar-refractivity contribution in [3.63, 3.8) is 0 Å². The summed E-state index contributed by atoms with van der Waals surface area (Å²) in [5.74, 6) is 0.522. The van der Waals surface area contributed by atoms with Gasteiger partial charge in [0.05, 0.1) is 13.7 Å². The zero-order valence-corrected chi connectivity index (χ0v) is 14.2. The third-order valence-corrected chi connectivity index (χ3v) is 3.68. The second-order valence-electron chi connectivity index (χ2n) is 5.08. The number of benzene rings is 2. The highest BCUT2D eigenvalue weighted by atomic mass is 35.5. The highest BCUT2D eigenvalue weighted by Gasteiger charge is 2.12. The molecule has 0 aliphatic rings. The van der Waals surface area contributed by atoms with Gasteiger partial charge in [-0.3, -0.25) is 4.79 Å². The Morgan fingerprint density at radius 3 is 2.65 bits per heavy atom. The quantitative estimate of drug-likeness (QED) is 0.849. The first-order valence-electron chi connectivity index (χ1n) is 7.37. The van der Waals surface area contributed by atoms with Crippen molar-refractivity contribution >= 4 is 23.2 Å². The molecule has 0 atom stereocenters. The largest absolute Gasteiger partial charge is 0.496 e. The van der Waals surface area contributed by atoms with Crippen molar-refractivity contribution in [1.82, 2.24) is 0 Å². The molecule has 2 rings (SSSR count). The van der Waals surface area contributed by atoms with Gasteiger partial charge >= 0.3 is 0 Å². The van der Waals surface area contributed by atoms with Crippen LogP contribution in [0.1, 0.15) is 28.4 Å². The molecule has 0 spiro atoms. The number of hydrogen-bond donors (Lipinski definition) is 1. The van der Waals surface area contributed by atoms with E-state index in [9.17, 15) is 4.79 Å². The fourth-order valence-corrected chi connectivity index (χ4v) is 2.43. The maximum atomic E-state index is 12.5. The molecule has 0 radical (unpaired) electrons. The molecule has 0 heterocycles. The number of methoxy groups -OCH3 is 1. The lowest BCUT2D eigenvalue weighted by atomic mass is 10.1. The fraction of sp³-hybridized carbons (Fsp3) is 0.278. The van der Waals surface area contributed by atoms with Crippen molar-refractivity contribution in [2.45, 2.75) is 20.5 Å². The van der Waals surface area contributed by atoms with Crippen LogP contribution in [0.5, 0.6) is 5.75 Å². The van der Waals surface area contributed by atoms with Crippen LogP contribution in [0.15, 0.2) is 36.4 Å². The van der Waals surface area contributed by atoms with E-state index >= 15 is 0 Å². The average molecular weight is 334 g/mol. The predicted molar refractivity (Wildman–Crippen MR) is 92.5 cm³/mol. The summed E-state index contributed by atoms with van der Waals surface area (Å²) in [6.45, 7) is 4.83. The molecular formula is C18H20ClNO3. The Morgan fingerprint density at radius 1 is 1.22 bits per heavy atom. The molecule has 0 bridgehead atoms. The van der Waals surface area contributed by atoms with Crippen LogP contribution in [-0.2, 0) is 11.3 Å². The molecule has 0 fully saturated rings. The van der Waals surface area contributed by atoms with Gasteiger partial charge in [-0.15, -0.1) is 0 Å². The molecule has 4 nitrogen and oxygen atoms in total. The number of carbonyl (C=O) groups excluding carboxylic acids is 1. The molecular weight excluding hydrogens is 314 g/mol. The van der Waals surface area contributed by atoms with E-state index in [4.69, 9.17) is 21.1 Å². The predicted octanol–water partition coefficient (Wildman–Crippen LogP) is 4.45. The molecule has 0 aliphatic heterocycles. The van der Waals surface area contributed by atoms with Crippen LogP contribution in [0.3, 0.4) is 0 Å². The number of nitrogens with one attached hydrogen (secondary N) is 1. The molecule has 0 saturated heterocycles. The lowest BCUT2D eigenvalue weighted by Crippen LogP contribution is -2.13. The van der Waals surface area contributed by atoms with Gasteiger partial charge in [0.1, 0.15) is 5.75 Å².